The summed E-state index contributed by atoms with van der Waals surface area (Å²) in [6.07, 6.45) is 3.73. The lowest BCUT2D eigenvalue weighted by atomic mass is 10.1. The number of carbonyl (C=O) groups excluding carboxylic acids is 3. The number of ketones is 2. The van der Waals surface area contributed by atoms with Gasteiger partial charge in [0.25, 0.3) is 5.78 Å². The monoisotopic (exact) mass is 192 g/mol. The van der Waals surface area contributed by atoms with Crippen molar-refractivity contribution in [3.63, 3.8) is 0 Å². The first-order valence-electron chi connectivity index (χ1n) is 3.87. The molecule has 1 aliphatic carbocycles. The van der Waals surface area contributed by atoms with Crippen molar-refractivity contribution in [1.82, 2.24) is 0 Å². The van der Waals surface area contributed by atoms with E-state index in [1.54, 1.807) is 0 Å². The van der Waals surface area contributed by atoms with Crippen LogP contribution in [0.2, 0.25) is 0 Å². The SMILES string of the molecule is C=C(C)C(=O)OC1=CC=CC(=O)C1=O. The van der Waals surface area contributed by atoms with E-state index in [1.807, 2.05) is 0 Å². The first-order chi connectivity index (χ1) is 6.52. The van der Waals surface area contributed by atoms with Crippen molar-refractivity contribution >= 4 is 17.5 Å². The quantitative estimate of drug-likeness (QED) is 0.279. The van der Waals surface area contributed by atoms with Gasteiger partial charge in [0.2, 0.25) is 5.78 Å². The lowest BCUT2D eigenvalue weighted by Gasteiger charge is -2.07. The third-order valence-corrected chi connectivity index (χ3v) is 1.49. The van der Waals surface area contributed by atoms with Crippen LogP contribution in [0.25, 0.3) is 0 Å². The number of allylic oxidation sites excluding steroid dienone is 4. The largest absolute Gasteiger partial charge is 0.419 e. The lowest BCUT2D eigenvalue weighted by Crippen LogP contribution is -2.20. The second-order valence-corrected chi connectivity index (χ2v) is 2.75. The van der Waals surface area contributed by atoms with Gasteiger partial charge in [0.05, 0.1) is 0 Å². The number of carbonyl (C=O) groups is 3. The molecule has 0 aromatic carbocycles. The van der Waals surface area contributed by atoms with Crippen molar-refractivity contribution in [2.45, 2.75) is 6.92 Å². The zero-order valence-corrected chi connectivity index (χ0v) is 7.57. The summed E-state index contributed by atoms with van der Waals surface area (Å²) in [5.41, 5.74) is 0.167. The van der Waals surface area contributed by atoms with Crippen LogP contribution in [0, 0.1) is 0 Å². The molecular formula is C10H8O4. The van der Waals surface area contributed by atoms with E-state index in [0.717, 1.165) is 6.08 Å². The van der Waals surface area contributed by atoms with Gasteiger partial charge in [-0.2, -0.15) is 0 Å². The Morgan fingerprint density at radius 3 is 2.64 bits per heavy atom. The second kappa shape index (κ2) is 3.83. The highest BCUT2D eigenvalue weighted by Crippen LogP contribution is 2.09. The van der Waals surface area contributed by atoms with E-state index in [9.17, 15) is 14.4 Å². The summed E-state index contributed by atoms with van der Waals surface area (Å²) < 4.78 is 4.64. The van der Waals surface area contributed by atoms with Crippen molar-refractivity contribution in [2.75, 3.05) is 0 Å². The fraction of sp³-hybridized carbons (Fsp3) is 0.100. The minimum Gasteiger partial charge on any atom is -0.419 e. The van der Waals surface area contributed by atoms with Crippen LogP contribution >= 0.6 is 0 Å². The molecule has 0 aromatic heterocycles. The summed E-state index contributed by atoms with van der Waals surface area (Å²) >= 11 is 0. The highest BCUT2D eigenvalue weighted by Gasteiger charge is 2.22. The molecule has 0 unspecified atom stereocenters. The van der Waals surface area contributed by atoms with Gasteiger partial charge in [0.1, 0.15) is 0 Å². The average molecular weight is 192 g/mol. The van der Waals surface area contributed by atoms with E-state index >= 15 is 0 Å². The highest BCUT2D eigenvalue weighted by molar-refractivity contribution is 6.47. The Morgan fingerprint density at radius 2 is 2.07 bits per heavy atom. The van der Waals surface area contributed by atoms with Crippen molar-refractivity contribution in [3.05, 3.63) is 36.1 Å². The standard InChI is InChI=1S/C10H8O4/c1-6(2)10(13)14-8-5-3-4-7(11)9(8)12/h3-5H,1H2,2H3. The van der Waals surface area contributed by atoms with Crippen LogP contribution in [0.4, 0.5) is 0 Å². The van der Waals surface area contributed by atoms with Crippen LogP contribution in [-0.4, -0.2) is 17.5 Å². The summed E-state index contributed by atoms with van der Waals surface area (Å²) in [7, 11) is 0. The molecule has 1 rings (SSSR count). The maximum absolute atomic E-state index is 11.1. The number of esters is 1. The molecule has 1 aliphatic rings. The van der Waals surface area contributed by atoms with Gasteiger partial charge in [0, 0.05) is 5.57 Å². The number of Topliss-reactive ketones (excluding diaryl/α,β-unsaturated/α-hetero) is 1. The van der Waals surface area contributed by atoms with Gasteiger partial charge in [0.15, 0.2) is 5.76 Å². The van der Waals surface area contributed by atoms with Gasteiger partial charge in [-0.15, -0.1) is 0 Å². The number of hydrogen-bond donors (Lipinski definition) is 0. The third-order valence-electron chi connectivity index (χ3n) is 1.49. The van der Waals surface area contributed by atoms with Gasteiger partial charge < -0.3 is 4.74 Å². The molecule has 0 bridgehead atoms. The molecule has 4 nitrogen and oxygen atoms in total. The van der Waals surface area contributed by atoms with E-state index in [1.165, 1.54) is 19.1 Å². The third kappa shape index (κ3) is 2.04. The Kier molecular flexibility index (Phi) is 2.76. The van der Waals surface area contributed by atoms with Crippen LogP contribution in [-0.2, 0) is 19.1 Å². The molecule has 0 amide bonds. The van der Waals surface area contributed by atoms with Crippen LogP contribution in [0.5, 0.6) is 0 Å². The predicted molar refractivity (Wildman–Crippen MR) is 48.1 cm³/mol. The second-order valence-electron chi connectivity index (χ2n) is 2.75. The van der Waals surface area contributed by atoms with E-state index in [-0.39, 0.29) is 11.3 Å². The summed E-state index contributed by atoms with van der Waals surface area (Å²) in [5.74, 6) is -2.49. The minimum atomic E-state index is -0.817. The molecule has 14 heavy (non-hydrogen) atoms. The predicted octanol–water partition coefficient (Wildman–Crippen LogP) is 0.698. The molecule has 0 aromatic rings. The fourth-order valence-corrected chi connectivity index (χ4v) is 0.763. The summed E-state index contributed by atoms with van der Waals surface area (Å²) in [4.78, 5) is 33.0. The summed E-state index contributed by atoms with van der Waals surface area (Å²) in [6, 6.07) is 0. The Balaban J connectivity index is 2.80. The van der Waals surface area contributed by atoms with E-state index in [2.05, 4.69) is 11.3 Å². The van der Waals surface area contributed by atoms with Crippen molar-refractivity contribution in [2.24, 2.45) is 0 Å². The maximum atomic E-state index is 11.1. The lowest BCUT2D eigenvalue weighted by molar-refractivity contribution is -0.141. The van der Waals surface area contributed by atoms with Crippen molar-refractivity contribution in [1.29, 1.82) is 0 Å². The van der Waals surface area contributed by atoms with Gasteiger partial charge in [-0.05, 0) is 19.1 Å². The summed E-state index contributed by atoms with van der Waals surface area (Å²) in [5, 5.41) is 0. The van der Waals surface area contributed by atoms with Crippen molar-refractivity contribution < 1.29 is 19.1 Å². The van der Waals surface area contributed by atoms with E-state index in [4.69, 9.17) is 0 Å². The molecule has 72 valence electrons. The molecule has 0 N–H and O–H groups in total. The van der Waals surface area contributed by atoms with E-state index in [0.29, 0.717) is 0 Å². The van der Waals surface area contributed by atoms with Crippen LogP contribution in [0.1, 0.15) is 6.92 Å². The highest BCUT2D eigenvalue weighted by atomic mass is 16.5. The Morgan fingerprint density at radius 1 is 1.43 bits per heavy atom. The van der Waals surface area contributed by atoms with Gasteiger partial charge >= 0.3 is 5.97 Å². The molecule has 0 spiro atoms. The zero-order chi connectivity index (χ0) is 10.7. The molecule has 0 saturated heterocycles. The molecular weight excluding hydrogens is 184 g/mol. The van der Waals surface area contributed by atoms with Crippen LogP contribution in [0.3, 0.4) is 0 Å². The summed E-state index contributed by atoms with van der Waals surface area (Å²) in [6.45, 7) is 4.80. The number of rotatable bonds is 2. The smallest absolute Gasteiger partial charge is 0.338 e. The molecule has 0 saturated carbocycles. The molecule has 0 atom stereocenters. The minimum absolute atomic E-state index is 0.167. The van der Waals surface area contributed by atoms with Crippen LogP contribution in [0.15, 0.2) is 36.1 Å². The Bertz CT molecular complexity index is 385. The Labute approximate surface area is 80.5 Å². The first kappa shape index (κ1) is 10.1. The number of hydrogen-bond acceptors (Lipinski definition) is 4. The zero-order valence-electron chi connectivity index (χ0n) is 7.57. The number of ether oxygens (including phenoxy) is 1. The molecule has 0 fully saturated rings. The average Bonchev–Trinajstić information content (AvgIpc) is 2.12. The normalized spacial score (nSPS) is 15.1. The fourth-order valence-electron chi connectivity index (χ4n) is 0.763. The van der Waals surface area contributed by atoms with Crippen molar-refractivity contribution in [3.8, 4) is 0 Å². The first-order valence-corrected chi connectivity index (χ1v) is 3.87. The van der Waals surface area contributed by atoms with Gasteiger partial charge in [-0.1, -0.05) is 12.7 Å². The molecule has 4 heteroatoms. The van der Waals surface area contributed by atoms with E-state index < -0.39 is 17.5 Å². The molecule has 0 aliphatic heterocycles. The van der Waals surface area contributed by atoms with Crippen LogP contribution < -0.4 is 0 Å². The Hall–Kier alpha value is -1.97. The van der Waals surface area contributed by atoms with Gasteiger partial charge in [-0.25, -0.2) is 4.79 Å². The maximum Gasteiger partial charge on any atom is 0.338 e. The van der Waals surface area contributed by atoms with Gasteiger partial charge in [-0.3, -0.25) is 9.59 Å². The topological polar surface area (TPSA) is 60.4 Å². The molecule has 0 heterocycles. The molecule has 0 radical (unpaired) electrons.